The minimum Gasteiger partial charge on any atom is -0.465 e. The fourth-order valence-electron chi connectivity index (χ4n) is 4.15. The maximum atomic E-state index is 13.2. The van der Waals surface area contributed by atoms with Gasteiger partial charge in [-0.15, -0.1) is 11.3 Å². The van der Waals surface area contributed by atoms with Crippen LogP contribution < -0.4 is 4.90 Å². The number of piperazine rings is 1. The van der Waals surface area contributed by atoms with Crippen LogP contribution in [0.3, 0.4) is 0 Å². The molecule has 1 aromatic carbocycles. The number of anilines is 1. The van der Waals surface area contributed by atoms with Gasteiger partial charge in [-0.05, 0) is 12.5 Å². The van der Waals surface area contributed by atoms with Crippen molar-refractivity contribution in [2.75, 3.05) is 18.0 Å². The number of rotatable bonds is 3. The molecule has 0 spiro atoms. The SMILES string of the molecule is O=C(O)N1C2CC1CN(c1nc3c(C(O)C(F)(F)F)ccc(-c4nccs4)c3o1)C2. The van der Waals surface area contributed by atoms with Crippen LogP contribution in [0.1, 0.15) is 18.1 Å². The number of hydrogen-bond donors (Lipinski definition) is 2. The van der Waals surface area contributed by atoms with Crippen molar-refractivity contribution in [2.24, 2.45) is 0 Å². The van der Waals surface area contributed by atoms with Crippen LogP contribution >= 0.6 is 11.3 Å². The molecular weight excluding hydrogens is 425 g/mol. The first-order valence-electron chi connectivity index (χ1n) is 9.08. The second kappa shape index (κ2) is 6.57. The van der Waals surface area contributed by atoms with Gasteiger partial charge in [-0.3, -0.25) is 4.90 Å². The third kappa shape index (κ3) is 2.89. The summed E-state index contributed by atoms with van der Waals surface area (Å²) in [6.07, 6.45) is -6.26. The molecule has 2 aromatic heterocycles. The lowest BCUT2D eigenvalue weighted by molar-refractivity contribution is -0.206. The van der Waals surface area contributed by atoms with Crippen molar-refractivity contribution in [3.63, 3.8) is 0 Å². The molecule has 3 aliphatic rings. The van der Waals surface area contributed by atoms with Crippen molar-refractivity contribution in [1.29, 1.82) is 0 Å². The van der Waals surface area contributed by atoms with E-state index < -0.39 is 23.9 Å². The zero-order valence-corrected chi connectivity index (χ0v) is 16.0. The molecule has 3 saturated heterocycles. The second-order valence-corrected chi connectivity index (χ2v) is 8.19. The molecule has 3 aromatic rings. The highest BCUT2D eigenvalue weighted by atomic mass is 32.1. The van der Waals surface area contributed by atoms with E-state index in [2.05, 4.69) is 9.97 Å². The van der Waals surface area contributed by atoms with E-state index >= 15 is 0 Å². The quantitative estimate of drug-likeness (QED) is 0.643. The molecule has 0 aliphatic carbocycles. The fraction of sp³-hybridized carbons (Fsp3) is 0.389. The third-order valence-corrected chi connectivity index (χ3v) is 6.32. The summed E-state index contributed by atoms with van der Waals surface area (Å²) in [5, 5.41) is 21.4. The Kier molecular flexibility index (Phi) is 4.19. The average molecular weight is 440 g/mol. The number of thiazole rings is 1. The number of alkyl halides is 3. The summed E-state index contributed by atoms with van der Waals surface area (Å²) in [7, 11) is 0. The number of hydrogen-bond acceptors (Lipinski definition) is 7. The Hall–Kier alpha value is -2.86. The molecule has 30 heavy (non-hydrogen) atoms. The van der Waals surface area contributed by atoms with Gasteiger partial charge in [0.25, 0.3) is 6.01 Å². The lowest BCUT2D eigenvalue weighted by atomic mass is 9.88. The summed E-state index contributed by atoms with van der Waals surface area (Å²) in [5.74, 6) is 0. The van der Waals surface area contributed by atoms with Gasteiger partial charge in [0, 0.05) is 30.2 Å². The van der Waals surface area contributed by atoms with E-state index in [1.807, 2.05) is 0 Å². The molecule has 8 nitrogen and oxygen atoms in total. The van der Waals surface area contributed by atoms with Crippen molar-refractivity contribution in [2.45, 2.75) is 30.8 Å². The van der Waals surface area contributed by atoms with Crippen molar-refractivity contribution < 1.29 is 32.6 Å². The Balaban J connectivity index is 1.58. The fourth-order valence-corrected chi connectivity index (χ4v) is 4.81. The summed E-state index contributed by atoms with van der Waals surface area (Å²) >= 11 is 1.30. The maximum absolute atomic E-state index is 13.2. The summed E-state index contributed by atoms with van der Waals surface area (Å²) in [4.78, 5) is 22.9. The number of fused-ring (bicyclic) bond motifs is 3. The number of amides is 1. The molecule has 158 valence electrons. The van der Waals surface area contributed by atoms with Gasteiger partial charge in [0.1, 0.15) is 10.5 Å². The van der Waals surface area contributed by atoms with Gasteiger partial charge in [0.15, 0.2) is 11.7 Å². The van der Waals surface area contributed by atoms with Crippen LogP contribution in [-0.4, -0.2) is 62.5 Å². The van der Waals surface area contributed by atoms with Crippen LogP contribution in [0, 0.1) is 0 Å². The smallest absolute Gasteiger partial charge is 0.418 e. The van der Waals surface area contributed by atoms with Crippen molar-refractivity contribution in [3.05, 3.63) is 29.3 Å². The molecule has 0 saturated carbocycles. The Morgan fingerprint density at radius 2 is 2.03 bits per heavy atom. The van der Waals surface area contributed by atoms with Gasteiger partial charge in [-0.2, -0.15) is 18.2 Å². The van der Waals surface area contributed by atoms with Crippen molar-refractivity contribution in [3.8, 4) is 10.6 Å². The van der Waals surface area contributed by atoms with Crippen LogP contribution in [0.25, 0.3) is 21.7 Å². The molecule has 6 rings (SSSR count). The van der Waals surface area contributed by atoms with E-state index in [1.54, 1.807) is 16.5 Å². The molecule has 3 aliphatic heterocycles. The number of halogens is 3. The standard InChI is InChI=1S/C18H15F3N4O4S/c19-18(20,21)14(26)10-1-2-11(15-22-3-4-30-15)13-12(10)23-16(29-13)24-6-8-5-9(7-24)25(8)17(27)28/h1-4,8-9,14,26H,5-7H2,(H,27,28). The number of piperidine rings is 1. The lowest BCUT2D eigenvalue weighted by Crippen LogP contribution is -2.70. The molecular formula is C18H15F3N4O4S. The molecule has 2 bridgehead atoms. The molecule has 12 heteroatoms. The van der Waals surface area contributed by atoms with Crippen LogP contribution in [0.5, 0.6) is 0 Å². The van der Waals surface area contributed by atoms with E-state index in [-0.39, 0.29) is 29.2 Å². The first-order chi connectivity index (χ1) is 14.2. The highest BCUT2D eigenvalue weighted by Gasteiger charge is 2.48. The Bertz CT molecular complexity index is 1100. The average Bonchev–Trinajstić information content (AvgIpc) is 3.35. The molecule has 3 unspecified atom stereocenters. The van der Waals surface area contributed by atoms with Crippen LogP contribution in [0.4, 0.5) is 24.0 Å². The lowest BCUT2D eigenvalue weighted by Gasteiger charge is -2.54. The van der Waals surface area contributed by atoms with E-state index in [0.29, 0.717) is 23.7 Å². The zero-order chi connectivity index (χ0) is 21.2. The number of nitrogens with zero attached hydrogens (tertiary/aromatic N) is 4. The van der Waals surface area contributed by atoms with Gasteiger partial charge in [-0.25, -0.2) is 9.78 Å². The number of aromatic nitrogens is 2. The zero-order valence-electron chi connectivity index (χ0n) is 15.2. The first-order valence-corrected chi connectivity index (χ1v) is 9.96. The number of oxazole rings is 1. The molecule has 0 radical (unpaired) electrons. The van der Waals surface area contributed by atoms with E-state index in [9.17, 15) is 28.2 Å². The van der Waals surface area contributed by atoms with Crippen LogP contribution in [0.2, 0.25) is 0 Å². The molecule has 3 fully saturated rings. The number of carboxylic acid groups (broad SMARTS) is 1. The topological polar surface area (TPSA) is 103 Å². The summed E-state index contributed by atoms with van der Waals surface area (Å²) in [6, 6.07) is 2.29. The van der Waals surface area contributed by atoms with Crippen molar-refractivity contribution in [1.82, 2.24) is 14.9 Å². The Morgan fingerprint density at radius 1 is 1.30 bits per heavy atom. The van der Waals surface area contributed by atoms with Gasteiger partial charge >= 0.3 is 12.3 Å². The third-order valence-electron chi connectivity index (χ3n) is 5.52. The second-order valence-electron chi connectivity index (χ2n) is 7.30. The molecule has 3 atom stereocenters. The largest absolute Gasteiger partial charge is 0.465 e. The van der Waals surface area contributed by atoms with Gasteiger partial charge in [-0.1, -0.05) is 6.07 Å². The summed E-state index contributed by atoms with van der Waals surface area (Å²) < 4.78 is 45.4. The molecule has 2 N–H and O–H groups in total. The molecule has 1 amide bonds. The Morgan fingerprint density at radius 3 is 2.63 bits per heavy atom. The Labute approximate surface area is 171 Å². The predicted molar refractivity (Wildman–Crippen MR) is 100 cm³/mol. The number of aliphatic hydroxyl groups is 1. The number of benzene rings is 1. The van der Waals surface area contributed by atoms with Gasteiger partial charge in [0.2, 0.25) is 0 Å². The van der Waals surface area contributed by atoms with E-state index in [1.165, 1.54) is 28.4 Å². The van der Waals surface area contributed by atoms with Crippen LogP contribution in [-0.2, 0) is 0 Å². The van der Waals surface area contributed by atoms with Crippen molar-refractivity contribution >= 4 is 34.5 Å². The predicted octanol–water partition coefficient (Wildman–Crippen LogP) is 3.49. The highest BCUT2D eigenvalue weighted by molar-refractivity contribution is 7.13. The van der Waals surface area contributed by atoms with Gasteiger partial charge in [0.05, 0.1) is 17.6 Å². The van der Waals surface area contributed by atoms with E-state index in [4.69, 9.17) is 4.42 Å². The normalized spacial score (nSPS) is 22.3. The summed E-state index contributed by atoms with van der Waals surface area (Å²) in [6.45, 7) is 0.665. The minimum atomic E-state index is -4.86. The minimum absolute atomic E-state index is 0.0862. The van der Waals surface area contributed by atoms with Gasteiger partial charge < -0.3 is 19.5 Å². The first kappa shape index (κ1) is 19.1. The number of carbonyl (C=O) groups is 1. The highest BCUT2D eigenvalue weighted by Crippen LogP contribution is 2.42. The summed E-state index contributed by atoms with van der Waals surface area (Å²) in [5.41, 5.74) is 0.0975. The molecule has 5 heterocycles. The number of aliphatic hydroxyl groups excluding tert-OH is 1. The van der Waals surface area contributed by atoms with Crippen LogP contribution in [0.15, 0.2) is 28.1 Å². The van der Waals surface area contributed by atoms with E-state index in [0.717, 1.165) is 6.42 Å². The monoisotopic (exact) mass is 440 g/mol. The maximum Gasteiger partial charge on any atom is 0.418 e.